The lowest BCUT2D eigenvalue weighted by Gasteiger charge is -2.36. The number of carbonyl (C=O) groups is 1. The van der Waals surface area contributed by atoms with E-state index < -0.39 is 0 Å². The second kappa shape index (κ2) is 9.99. The third-order valence-electron chi connectivity index (χ3n) is 5.07. The standard InChI is InChI=1S/C22H30N4O2/c1-18-8-6-11-20(21(18)24-22(27)23-2)28-17-7-12-25-13-15-26(16-14-25)19-9-4-3-5-10-19/h3-6,8-11H,7,12-17H2,1-2H3,(H2,23,24,27). The molecule has 1 saturated heterocycles. The molecule has 0 radical (unpaired) electrons. The number of nitrogens with one attached hydrogen (secondary N) is 2. The van der Waals surface area contributed by atoms with Crippen LogP contribution in [0.4, 0.5) is 16.2 Å². The van der Waals surface area contributed by atoms with Gasteiger partial charge in [0.15, 0.2) is 0 Å². The van der Waals surface area contributed by atoms with Crippen LogP contribution in [0.1, 0.15) is 12.0 Å². The zero-order valence-corrected chi connectivity index (χ0v) is 16.8. The zero-order chi connectivity index (χ0) is 19.8. The molecule has 3 rings (SSSR count). The Kier molecular flexibility index (Phi) is 7.14. The maximum atomic E-state index is 11.7. The molecule has 0 aliphatic carbocycles. The first-order valence-electron chi connectivity index (χ1n) is 9.91. The minimum Gasteiger partial charge on any atom is -0.491 e. The summed E-state index contributed by atoms with van der Waals surface area (Å²) in [5.41, 5.74) is 3.03. The molecule has 1 aliphatic rings. The molecule has 150 valence electrons. The van der Waals surface area contributed by atoms with Crippen molar-refractivity contribution in [2.45, 2.75) is 13.3 Å². The lowest BCUT2D eigenvalue weighted by atomic mass is 10.2. The predicted octanol–water partition coefficient (Wildman–Crippen LogP) is 3.34. The lowest BCUT2D eigenvalue weighted by Crippen LogP contribution is -2.46. The van der Waals surface area contributed by atoms with Gasteiger partial charge in [-0.15, -0.1) is 0 Å². The van der Waals surface area contributed by atoms with Gasteiger partial charge in [0.25, 0.3) is 0 Å². The van der Waals surface area contributed by atoms with Crippen LogP contribution in [0.5, 0.6) is 5.75 Å². The molecule has 2 aromatic rings. The van der Waals surface area contributed by atoms with E-state index in [2.05, 4.69) is 50.8 Å². The topological polar surface area (TPSA) is 56.8 Å². The SMILES string of the molecule is CNC(=O)Nc1c(C)cccc1OCCCN1CCN(c2ccccc2)CC1. The third-order valence-corrected chi connectivity index (χ3v) is 5.07. The average molecular weight is 383 g/mol. The summed E-state index contributed by atoms with van der Waals surface area (Å²) in [5, 5.41) is 5.43. The molecular formula is C22H30N4O2. The van der Waals surface area contributed by atoms with E-state index in [9.17, 15) is 4.79 Å². The summed E-state index contributed by atoms with van der Waals surface area (Å²) < 4.78 is 5.97. The number of aryl methyl sites for hydroxylation is 1. The van der Waals surface area contributed by atoms with Crippen molar-refractivity contribution in [1.29, 1.82) is 0 Å². The first-order valence-corrected chi connectivity index (χ1v) is 9.91. The summed E-state index contributed by atoms with van der Waals surface area (Å²) in [5.74, 6) is 0.720. The van der Waals surface area contributed by atoms with E-state index in [4.69, 9.17) is 4.74 Å². The fourth-order valence-corrected chi connectivity index (χ4v) is 3.44. The van der Waals surface area contributed by atoms with E-state index in [0.29, 0.717) is 6.61 Å². The van der Waals surface area contributed by atoms with Crippen molar-refractivity contribution in [3.63, 3.8) is 0 Å². The van der Waals surface area contributed by atoms with Crippen molar-refractivity contribution in [2.24, 2.45) is 0 Å². The van der Waals surface area contributed by atoms with Crippen LogP contribution in [-0.2, 0) is 0 Å². The average Bonchev–Trinajstić information content (AvgIpc) is 2.74. The number of benzene rings is 2. The quantitative estimate of drug-likeness (QED) is 0.721. The van der Waals surface area contributed by atoms with Gasteiger partial charge in [-0.25, -0.2) is 4.79 Å². The predicted molar refractivity (Wildman–Crippen MR) is 114 cm³/mol. The first-order chi connectivity index (χ1) is 13.7. The molecule has 1 heterocycles. The minimum atomic E-state index is -0.240. The molecule has 28 heavy (non-hydrogen) atoms. The first kappa shape index (κ1) is 20.0. The molecule has 2 aromatic carbocycles. The molecule has 1 fully saturated rings. The zero-order valence-electron chi connectivity index (χ0n) is 16.8. The van der Waals surface area contributed by atoms with E-state index in [-0.39, 0.29) is 6.03 Å². The van der Waals surface area contributed by atoms with Crippen LogP contribution < -0.4 is 20.3 Å². The van der Waals surface area contributed by atoms with Crippen molar-refractivity contribution in [1.82, 2.24) is 10.2 Å². The summed E-state index contributed by atoms with van der Waals surface area (Å²) >= 11 is 0. The van der Waals surface area contributed by atoms with E-state index in [1.54, 1.807) is 7.05 Å². The van der Waals surface area contributed by atoms with Crippen LogP contribution in [0.3, 0.4) is 0 Å². The van der Waals surface area contributed by atoms with Crippen molar-refractivity contribution >= 4 is 17.4 Å². The highest BCUT2D eigenvalue weighted by Gasteiger charge is 2.16. The van der Waals surface area contributed by atoms with Crippen molar-refractivity contribution in [3.8, 4) is 5.75 Å². The van der Waals surface area contributed by atoms with Gasteiger partial charge < -0.3 is 20.3 Å². The lowest BCUT2D eigenvalue weighted by molar-refractivity contribution is 0.225. The van der Waals surface area contributed by atoms with Gasteiger partial charge in [-0.2, -0.15) is 0 Å². The van der Waals surface area contributed by atoms with Gasteiger partial charge in [-0.1, -0.05) is 30.3 Å². The van der Waals surface area contributed by atoms with Crippen molar-refractivity contribution in [2.75, 3.05) is 56.6 Å². The summed E-state index contributed by atoms with van der Waals surface area (Å²) in [6.07, 6.45) is 0.957. The van der Waals surface area contributed by atoms with E-state index in [0.717, 1.165) is 56.1 Å². The molecule has 2 amide bonds. The van der Waals surface area contributed by atoms with Crippen LogP contribution in [0, 0.1) is 6.92 Å². The largest absolute Gasteiger partial charge is 0.491 e. The number of hydrogen-bond donors (Lipinski definition) is 2. The van der Waals surface area contributed by atoms with Gasteiger partial charge in [-0.3, -0.25) is 4.90 Å². The number of ether oxygens (including phenoxy) is 1. The molecule has 2 N–H and O–H groups in total. The second-order valence-corrected chi connectivity index (χ2v) is 7.02. The number of urea groups is 1. The molecule has 1 aliphatic heterocycles. The summed E-state index contributed by atoms with van der Waals surface area (Å²) in [4.78, 5) is 16.6. The van der Waals surface area contributed by atoms with Crippen LogP contribution >= 0.6 is 0 Å². The number of anilines is 2. The Balaban J connectivity index is 1.42. The minimum absolute atomic E-state index is 0.240. The Hall–Kier alpha value is -2.73. The molecule has 0 spiro atoms. The monoisotopic (exact) mass is 382 g/mol. The molecule has 6 nitrogen and oxygen atoms in total. The van der Waals surface area contributed by atoms with Crippen LogP contribution in [0.2, 0.25) is 0 Å². The maximum Gasteiger partial charge on any atom is 0.319 e. The molecule has 6 heteroatoms. The summed E-state index contributed by atoms with van der Waals surface area (Å²) in [6.45, 7) is 7.87. The Morgan fingerprint density at radius 2 is 1.79 bits per heavy atom. The Labute approximate surface area is 167 Å². The molecular weight excluding hydrogens is 352 g/mol. The highest BCUT2D eigenvalue weighted by Crippen LogP contribution is 2.28. The highest BCUT2D eigenvalue weighted by atomic mass is 16.5. The molecule has 0 atom stereocenters. The number of carbonyl (C=O) groups excluding carboxylic acids is 1. The normalized spacial score (nSPS) is 14.6. The third kappa shape index (κ3) is 5.39. The number of piperazine rings is 1. The number of para-hydroxylation sites is 2. The van der Waals surface area contributed by atoms with Crippen molar-refractivity contribution < 1.29 is 9.53 Å². The van der Waals surface area contributed by atoms with Gasteiger partial charge >= 0.3 is 6.03 Å². The number of rotatable bonds is 7. The molecule has 0 saturated carbocycles. The number of hydrogen-bond acceptors (Lipinski definition) is 4. The van der Waals surface area contributed by atoms with Crippen LogP contribution in [0.25, 0.3) is 0 Å². The summed E-state index contributed by atoms with van der Waals surface area (Å²) in [7, 11) is 1.60. The fourth-order valence-electron chi connectivity index (χ4n) is 3.44. The Morgan fingerprint density at radius 3 is 2.50 bits per heavy atom. The molecule has 0 bridgehead atoms. The van der Waals surface area contributed by atoms with Gasteiger partial charge in [0.2, 0.25) is 0 Å². The summed E-state index contributed by atoms with van der Waals surface area (Å²) in [6, 6.07) is 16.2. The van der Waals surface area contributed by atoms with Crippen molar-refractivity contribution in [3.05, 3.63) is 54.1 Å². The fraction of sp³-hybridized carbons (Fsp3) is 0.409. The second-order valence-electron chi connectivity index (χ2n) is 7.02. The van der Waals surface area contributed by atoms with Gasteiger partial charge in [0.1, 0.15) is 5.75 Å². The smallest absolute Gasteiger partial charge is 0.319 e. The van der Waals surface area contributed by atoms with E-state index >= 15 is 0 Å². The van der Waals surface area contributed by atoms with Gasteiger partial charge in [0.05, 0.1) is 12.3 Å². The number of amides is 2. The van der Waals surface area contributed by atoms with E-state index in [1.807, 2.05) is 25.1 Å². The molecule has 0 unspecified atom stereocenters. The van der Waals surface area contributed by atoms with E-state index in [1.165, 1.54) is 5.69 Å². The van der Waals surface area contributed by atoms with Gasteiger partial charge in [-0.05, 0) is 37.1 Å². The Bertz CT molecular complexity index is 758. The van der Waals surface area contributed by atoms with Crippen LogP contribution in [-0.4, -0.2) is 57.3 Å². The van der Waals surface area contributed by atoms with Gasteiger partial charge in [0, 0.05) is 45.5 Å². The number of nitrogens with zero attached hydrogens (tertiary/aromatic N) is 2. The van der Waals surface area contributed by atoms with Crippen LogP contribution in [0.15, 0.2) is 48.5 Å². The molecule has 0 aromatic heterocycles. The maximum absolute atomic E-state index is 11.7. The highest BCUT2D eigenvalue weighted by molar-refractivity contribution is 5.91. The Morgan fingerprint density at radius 1 is 1.04 bits per heavy atom.